The molecular weight excluding hydrogens is 268 g/mol. The SMILES string of the molecule is COc1cc(C(C)NCC(C)N(C)C)cc(OC)c1OC. The first-order valence-electron chi connectivity index (χ1n) is 7.14. The molecule has 0 heterocycles. The fourth-order valence-electron chi connectivity index (χ4n) is 2.00. The van der Waals surface area contributed by atoms with E-state index < -0.39 is 0 Å². The first-order valence-corrected chi connectivity index (χ1v) is 7.14. The van der Waals surface area contributed by atoms with Crippen LogP contribution in [-0.2, 0) is 0 Å². The lowest BCUT2D eigenvalue weighted by Gasteiger charge is -2.24. The topological polar surface area (TPSA) is 43.0 Å². The van der Waals surface area contributed by atoms with Crippen molar-refractivity contribution >= 4 is 0 Å². The van der Waals surface area contributed by atoms with E-state index in [0.29, 0.717) is 23.3 Å². The average molecular weight is 296 g/mol. The number of benzene rings is 1. The number of likely N-dealkylation sites (N-methyl/N-ethyl adjacent to an activating group) is 1. The standard InChI is InChI=1S/C16H28N2O3/c1-11(18(3)4)10-17-12(2)13-8-14(19-5)16(21-7)15(9-13)20-6/h8-9,11-12,17H,10H2,1-7H3. The lowest BCUT2D eigenvalue weighted by Crippen LogP contribution is -2.36. The van der Waals surface area contributed by atoms with Crippen LogP contribution in [0.25, 0.3) is 0 Å². The van der Waals surface area contributed by atoms with E-state index in [0.717, 1.165) is 12.1 Å². The van der Waals surface area contributed by atoms with Gasteiger partial charge in [-0.05, 0) is 45.6 Å². The number of nitrogens with one attached hydrogen (secondary N) is 1. The molecule has 120 valence electrons. The van der Waals surface area contributed by atoms with Crippen LogP contribution in [0.5, 0.6) is 17.2 Å². The van der Waals surface area contributed by atoms with Crippen molar-refractivity contribution in [2.75, 3.05) is 42.0 Å². The van der Waals surface area contributed by atoms with Gasteiger partial charge in [-0.3, -0.25) is 0 Å². The molecule has 0 aliphatic carbocycles. The number of methoxy groups -OCH3 is 3. The third-order valence-electron chi connectivity index (χ3n) is 3.79. The van der Waals surface area contributed by atoms with Gasteiger partial charge in [-0.2, -0.15) is 0 Å². The molecule has 21 heavy (non-hydrogen) atoms. The van der Waals surface area contributed by atoms with E-state index in [2.05, 4.69) is 38.2 Å². The summed E-state index contributed by atoms with van der Waals surface area (Å²) in [6.07, 6.45) is 0. The van der Waals surface area contributed by atoms with Gasteiger partial charge in [0, 0.05) is 18.6 Å². The van der Waals surface area contributed by atoms with Crippen LogP contribution < -0.4 is 19.5 Å². The third-order valence-corrected chi connectivity index (χ3v) is 3.79. The van der Waals surface area contributed by atoms with E-state index in [-0.39, 0.29) is 6.04 Å². The van der Waals surface area contributed by atoms with E-state index >= 15 is 0 Å². The Morgan fingerprint density at radius 2 is 1.52 bits per heavy atom. The highest BCUT2D eigenvalue weighted by atomic mass is 16.5. The van der Waals surface area contributed by atoms with Gasteiger partial charge in [-0.25, -0.2) is 0 Å². The van der Waals surface area contributed by atoms with Crippen molar-refractivity contribution in [3.8, 4) is 17.2 Å². The smallest absolute Gasteiger partial charge is 0.203 e. The molecule has 0 saturated carbocycles. The van der Waals surface area contributed by atoms with Gasteiger partial charge in [0.1, 0.15) is 0 Å². The normalized spacial score (nSPS) is 13.9. The van der Waals surface area contributed by atoms with Crippen molar-refractivity contribution in [2.45, 2.75) is 25.9 Å². The second kappa shape index (κ2) is 8.10. The molecule has 0 aliphatic heterocycles. The van der Waals surface area contributed by atoms with Crippen molar-refractivity contribution < 1.29 is 14.2 Å². The van der Waals surface area contributed by atoms with Crippen molar-refractivity contribution in [3.05, 3.63) is 17.7 Å². The number of ether oxygens (including phenoxy) is 3. The molecule has 0 fully saturated rings. The molecule has 5 heteroatoms. The quantitative estimate of drug-likeness (QED) is 0.797. The summed E-state index contributed by atoms with van der Waals surface area (Å²) in [4.78, 5) is 2.19. The zero-order valence-corrected chi connectivity index (χ0v) is 14.2. The summed E-state index contributed by atoms with van der Waals surface area (Å²) < 4.78 is 16.1. The van der Waals surface area contributed by atoms with E-state index in [1.807, 2.05) is 12.1 Å². The molecule has 1 N–H and O–H groups in total. The van der Waals surface area contributed by atoms with Crippen LogP contribution in [0, 0.1) is 0 Å². The highest BCUT2D eigenvalue weighted by Crippen LogP contribution is 2.39. The Hall–Kier alpha value is -1.46. The Labute approximate surface area is 128 Å². The number of nitrogens with zero attached hydrogens (tertiary/aromatic N) is 1. The Balaban J connectivity index is 2.91. The van der Waals surface area contributed by atoms with Gasteiger partial charge in [-0.15, -0.1) is 0 Å². The first-order chi connectivity index (χ1) is 9.94. The van der Waals surface area contributed by atoms with Gasteiger partial charge in [-0.1, -0.05) is 0 Å². The van der Waals surface area contributed by atoms with Crippen molar-refractivity contribution in [1.82, 2.24) is 10.2 Å². The highest BCUT2D eigenvalue weighted by molar-refractivity contribution is 5.54. The summed E-state index contributed by atoms with van der Waals surface area (Å²) in [6.45, 7) is 5.23. The van der Waals surface area contributed by atoms with Crippen LogP contribution in [0.4, 0.5) is 0 Å². The van der Waals surface area contributed by atoms with Gasteiger partial charge in [0.2, 0.25) is 5.75 Å². The average Bonchev–Trinajstić information content (AvgIpc) is 2.50. The largest absolute Gasteiger partial charge is 0.493 e. The van der Waals surface area contributed by atoms with E-state index in [4.69, 9.17) is 14.2 Å². The summed E-state index contributed by atoms with van der Waals surface area (Å²) in [5.74, 6) is 1.99. The van der Waals surface area contributed by atoms with Crippen molar-refractivity contribution in [1.29, 1.82) is 0 Å². The summed E-state index contributed by atoms with van der Waals surface area (Å²) in [6, 6.07) is 4.63. The Morgan fingerprint density at radius 3 is 1.90 bits per heavy atom. The molecule has 1 aromatic rings. The maximum absolute atomic E-state index is 5.39. The van der Waals surface area contributed by atoms with Gasteiger partial charge >= 0.3 is 0 Å². The maximum Gasteiger partial charge on any atom is 0.203 e. The molecule has 0 spiro atoms. The molecule has 1 aromatic carbocycles. The van der Waals surface area contributed by atoms with Crippen LogP contribution in [0.2, 0.25) is 0 Å². The molecule has 0 aliphatic rings. The lowest BCUT2D eigenvalue weighted by molar-refractivity contribution is 0.295. The fourth-order valence-corrected chi connectivity index (χ4v) is 2.00. The van der Waals surface area contributed by atoms with Crippen LogP contribution in [0.1, 0.15) is 25.5 Å². The minimum atomic E-state index is 0.195. The minimum Gasteiger partial charge on any atom is -0.493 e. The summed E-state index contributed by atoms with van der Waals surface area (Å²) in [5, 5.41) is 3.53. The summed E-state index contributed by atoms with van der Waals surface area (Å²) in [5.41, 5.74) is 1.11. The highest BCUT2D eigenvalue weighted by Gasteiger charge is 2.16. The maximum atomic E-state index is 5.39. The van der Waals surface area contributed by atoms with Gasteiger partial charge in [0.25, 0.3) is 0 Å². The van der Waals surface area contributed by atoms with Crippen molar-refractivity contribution in [3.63, 3.8) is 0 Å². The predicted octanol–water partition coefficient (Wildman–Crippen LogP) is 2.31. The van der Waals surface area contributed by atoms with Crippen molar-refractivity contribution in [2.24, 2.45) is 0 Å². The minimum absolute atomic E-state index is 0.195. The second-order valence-electron chi connectivity index (χ2n) is 5.40. The zero-order chi connectivity index (χ0) is 16.0. The summed E-state index contributed by atoms with van der Waals surface area (Å²) in [7, 11) is 9.04. The summed E-state index contributed by atoms with van der Waals surface area (Å²) >= 11 is 0. The van der Waals surface area contributed by atoms with E-state index in [1.165, 1.54) is 0 Å². The monoisotopic (exact) mass is 296 g/mol. The number of hydrogen-bond donors (Lipinski definition) is 1. The molecule has 0 bridgehead atoms. The molecule has 1 rings (SSSR count). The molecule has 2 atom stereocenters. The number of hydrogen-bond acceptors (Lipinski definition) is 5. The first kappa shape index (κ1) is 17.6. The van der Waals surface area contributed by atoms with Crippen LogP contribution in [0.3, 0.4) is 0 Å². The lowest BCUT2D eigenvalue weighted by atomic mass is 10.1. The van der Waals surface area contributed by atoms with Gasteiger partial charge < -0.3 is 24.4 Å². The Bertz CT molecular complexity index is 424. The second-order valence-corrected chi connectivity index (χ2v) is 5.40. The van der Waals surface area contributed by atoms with Gasteiger partial charge in [0.05, 0.1) is 21.3 Å². The molecular formula is C16H28N2O3. The van der Waals surface area contributed by atoms with Crippen LogP contribution in [0.15, 0.2) is 12.1 Å². The van der Waals surface area contributed by atoms with Crippen LogP contribution >= 0.6 is 0 Å². The predicted molar refractivity (Wildman–Crippen MR) is 85.7 cm³/mol. The Morgan fingerprint density at radius 1 is 1.00 bits per heavy atom. The third kappa shape index (κ3) is 4.51. The molecule has 0 radical (unpaired) electrons. The Kier molecular flexibility index (Phi) is 6.78. The molecule has 0 aromatic heterocycles. The van der Waals surface area contributed by atoms with E-state index in [1.54, 1.807) is 21.3 Å². The fraction of sp³-hybridized carbons (Fsp3) is 0.625. The number of rotatable bonds is 8. The molecule has 0 amide bonds. The van der Waals surface area contributed by atoms with Crippen LogP contribution in [-0.4, -0.2) is 52.9 Å². The molecule has 0 saturated heterocycles. The zero-order valence-electron chi connectivity index (χ0n) is 14.2. The molecule has 2 unspecified atom stereocenters. The van der Waals surface area contributed by atoms with E-state index in [9.17, 15) is 0 Å². The van der Waals surface area contributed by atoms with Gasteiger partial charge in [0.15, 0.2) is 11.5 Å². The molecule has 5 nitrogen and oxygen atoms in total.